The van der Waals surface area contributed by atoms with Crippen LogP contribution >= 0.6 is 0 Å². The zero-order valence-electron chi connectivity index (χ0n) is 52.4. The molecule has 0 spiro atoms. The van der Waals surface area contributed by atoms with E-state index < -0.39 is 6.10 Å². The van der Waals surface area contributed by atoms with Gasteiger partial charge in [-0.1, -0.05) is 311 Å². The van der Waals surface area contributed by atoms with Crippen molar-refractivity contribution in [3.63, 3.8) is 0 Å². The van der Waals surface area contributed by atoms with Gasteiger partial charge in [-0.05, 0) is 96.3 Å². The topological polar surface area (TPSA) is 78.9 Å². The molecule has 0 aliphatic heterocycles. The fraction of sp³-hybridized carbons (Fsp3) is 0.767. The van der Waals surface area contributed by atoms with Crippen LogP contribution in [0.25, 0.3) is 0 Å². The first-order valence-electron chi connectivity index (χ1n) is 34.1. The summed E-state index contributed by atoms with van der Waals surface area (Å²) in [7, 11) is 0. The first-order chi connectivity index (χ1) is 39.0. The number of hydrogen-bond donors (Lipinski definition) is 0. The highest BCUT2D eigenvalue weighted by Crippen LogP contribution is 2.17. The maximum absolute atomic E-state index is 12.9. The summed E-state index contributed by atoms with van der Waals surface area (Å²) in [6, 6.07) is 0. The summed E-state index contributed by atoms with van der Waals surface area (Å²) in [5, 5.41) is 0. The van der Waals surface area contributed by atoms with E-state index in [0.29, 0.717) is 19.3 Å². The molecule has 0 rings (SSSR count). The van der Waals surface area contributed by atoms with Crippen LogP contribution in [0.3, 0.4) is 0 Å². The third-order valence-corrected chi connectivity index (χ3v) is 14.9. The van der Waals surface area contributed by atoms with E-state index in [4.69, 9.17) is 14.2 Å². The molecule has 0 saturated heterocycles. The SMILES string of the molecule is CC/C=C\C/C=C\C/C=C\C/C=C\C/C=C\C/C=C\CCCCCCCCCCC(=O)OCC(COC(=O)CCCCCCC/C=C\CCCCCCCC)OC(=O)CCCCCCCCCCCCCCCCCCCCC. The van der Waals surface area contributed by atoms with Gasteiger partial charge in [-0.3, -0.25) is 14.4 Å². The van der Waals surface area contributed by atoms with Crippen molar-refractivity contribution in [3.05, 3.63) is 85.1 Å². The van der Waals surface area contributed by atoms with Gasteiger partial charge in [-0.25, -0.2) is 0 Å². The first-order valence-corrected chi connectivity index (χ1v) is 34.1. The molecule has 0 amide bonds. The summed E-state index contributed by atoms with van der Waals surface area (Å²) in [5.41, 5.74) is 0. The normalized spacial score (nSPS) is 12.6. The van der Waals surface area contributed by atoms with Gasteiger partial charge in [0.1, 0.15) is 13.2 Å². The summed E-state index contributed by atoms with van der Waals surface area (Å²) in [6.07, 6.45) is 88.8. The molecule has 0 aromatic heterocycles. The molecule has 0 aliphatic carbocycles. The molecule has 0 radical (unpaired) electrons. The minimum absolute atomic E-state index is 0.0798. The molecule has 0 aromatic rings. The highest BCUT2D eigenvalue weighted by molar-refractivity contribution is 5.71. The van der Waals surface area contributed by atoms with Crippen LogP contribution in [0, 0.1) is 0 Å². The van der Waals surface area contributed by atoms with Crippen molar-refractivity contribution >= 4 is 17.9 Å². The van der Waals surface area contributed by atoms with E-state index in [9.17, 15) is 14.4 Å². The second kappa shape index (κ2) is 67.1. The Labute approximate surface area is 490 Å². The predicted molar refractivity (Wildman–Crippen MR) is 344 cm³/mol. The van der Waals surface area contributed by atoms with Crippen molar-refractivity contribution in [2.45, 2.75) is 348 Å². The third kappa shape index (κ3) is 65.3. The fourth-order valence-corrected chi connectivity index (χ4v) is 9.80. The lowest BCUT2D eigenvalue weighted by atomic mass is 10.0. The maximum Gasteiger partial charge on any atom is 0.306 e. The second-order valence-electron chi connectivity index (χ2n) is 22.7. The van der Waals surface area contributed by atoms with Crippen LogP contribution in [-0.4, -0.2) is 37.2 Å². The molecule has 6 nitrogen and oxygen atoms in total. The first kappa shape index (κ1) is 75.6. The van der Waals surface area contributed by atoms with Gasteiger partial charge in [0.05, 0.1) is 0 Å². The Balaban J connectivity index is 4.34. The zero-order chi connectivity index (χ0) is 57.1. The number of hydrogen-bond acceptors (Lipinski definition) is 6. The number of rotatable bonds is 62. The molecule has 456 valence electrons. The lowest BCUT2D eigenvalue weighted by Crippen LogP contribution is -2.30. The van der Waals surface area contributed by atoms with E-state index in [-0.39, 0.29) is 31.1 Å². The number of unbranched alkanes of at least 4 members (excludes halogenated alkanes) is 37. The summed E-state index contributed by atoms with van der Waals surface area (Å²) in [5.74, 6) is -0.877. The van der Waals surface area contributed by atoms with Gasteiger partial charge < -0.3 is 14.2 Å². The fourth-order valence-electron chi connectivity index (χ4n) is 9.80. The van der Waals surface area contributed by atoms with Gasteiger partial charge in [-0.15, -0.1) is 0 Å². The van der Waals surface area contributed by atoms with E-state index in [1.165, 1.54) is 193 Å². The molecular weight excluding hydrogens is 973 g/mol. The Bertz CT molecular complexity index is 1500. The van der Waals surface area contributed by atoms with Crippen LogP contribution in [-0.2, 0) is 28.6 Å². The lowest BCUT2D eigenvalue weighted by Gasteiger charge is -2.18. The monoisotopic (exact) mass is 1100 g/mol. The zero-order valence-corrected chi connectivity index (χ0v) is 52.4. The summed E-state index contributed by atoms with van der Waals surface area (Å²) >= 11 is 0. The molecule has 0 aromatic carbocycles. The lowest BCUT2D eigenvalue weighted by molar-refractivity contribution is -0.167. The number of carbonyl (C=O) groups is 3. The minimum Gasteiger partial charge on any atom is -0.462 e. The second-order valence-corrected chi connectivity index (χ2v) is 22.7. The van der Waals surface area contributed by atoms with E-state index in [1.807, 2.05) is 0 Å². The number of esters is 3. The van der Waals surface area contributed by atoms with Crippen molar-refractivity contribution in [2.75, 3.05) is 13.2 Å². The Morgan fingerprint density at radius 3 is 0.785 bits per heavy atom. The van der Waals surface area contributed by atoms with Crippen LogP contribution in [0.2, 0.25) is 0 Å². The van der Waals surface area contributed by atoms with Gasteiger partial charge in [0.15, 0.2) is 6.10 Å². The minimum atomic E-state index is -0.783. The Morgan fingerprint density at radius 1 is 0.266 bits per heavy atom. The van der Waals surface area contributed by atoms with Gasteiger partial charge >= 0.3 is 17.9 Å². The molecule has 0 saturated carbocycles. The highest BCUT2D eigenvalue weighted by Gasteiger charge is 2.19. The molecule has 0 N–H and O–H groups in total. The molecule has 0 heterocycles. The molecule has 79 heavy (non-hydrogen) atoms. The summed E-state index contributed by atoms with van der Waals surface area (Å²) in [6.45, 7) is 6.56. The van der Waals surface area contributed by atoms with E-state index in [2.05, 4.69) is 106 Å². The van der Waals surface area contributed by atoms with Gasteiger partial charge in [0.2, 0.25) is 0 Å². The van der Waals surface area contributed by atoms with Crippen molar-refractivity contribution in [1.29, 1.82) is 0 Å². The van der Waals surface area contributed by atoms with Crippen LogP contribution in [0.15, 0.2) is 85.1 Å². The van der Waals surface area contributed by atoms with Crippen molar-refractivity contribution < 1.29 is 28.6 Å². The van der Waals surface area contributed by atoms with Crippen LogP contribution in [0.4, 0.5) is 0 Å². The van der Waals surface area contributed by atoms with E-state index in [0.717, 1.165) is 109 Å². The van der Waals surface area contributed by atoms with Gasteiger partial charge in [0, 0.05) is 19.3 Å². The average molecular weight is 1100 g/mol. The molecule has 0 fully saturated rings. The average Bonchev–Trinajstić information content (AvgIpc) is 3.45. The number of carbonyl (C=O) groups excluding carboxylic acids is 3. The van der Waals surface area contributed by atoms with Gasteiger partial charge in [-0.2, -0.15) is 0 Å². The summed E-state index contributed by atoms with van der Waals surface area (Å²) in [4.78, 5) is 38.4. The quantitative estimate of drug-likeness (QED) is 0.0261. The van der Waals surface area contributed by atoms with Gasteiger partial charge in [0.25, 0.3) is 0 Å². The number of allylic oxidation sites excluding steroid dienone is 14. The largest absolute Gasteiger partial charge is 0.462 e. The van der Waals surface area contributed by atoms with Crippen molar-refractivity contribution in [1.82, 2.24) is 0 Å². The molecular formula is C73H128O6. The van der Waals surface area contributed by atoms with Crippen molar-refractivity contribution in [3.8, 4) is 0 Å². The highest BCUT2D eigenvalue weighted by atomic mass is 16.6. The predicted octanol–water partition coefficient (Wildman–Crippen LogP) is 23.4. The Morgan fingerprint density at radius 2 is 0.494 bits per heavy atom. The number of ether oxygens (including phenoxy) is 3. The van der Waals surface area contributed by atoms with Crippen LogP contribution in [0.5, 0.6) is 0 Å². The van der Waals surface area contributed by atoms with Crippen LogP contribution in [0.1, 0.15) is 342 Å². The van der Waals surface area contributed by atoms with E-state index in [1.54, 1.807) is 0 Å². The Kier molecular flexibility index (Phi) is 64.2. The van der Waals surface area contributed by atoms with Crippen molar-refractivity contribution in [2.24, 2.45) is 0 Å². The molecule has 0 bridgehead atoms. The Hall–Kier alpha value is -3.41. The summed E-state index contributed by atoms with van der Waals surface area (Å²) < 4.78 is 17.0. The van der Waals surface area contributed by atoms with Crippen LogP contribution < -0.4 is 0 Å². The smallest absolute Gasteiger partial charge is 0.306 e. The molecule has 1 unspecified atom stereocenters. The van der Waals surface area contributed by atoms with E-state index >= 15 is 0 Å². The molecule has 1 atom stereocenters. The molecule has 0 aliphatic rings. The third-order valence-electron chi connectivity index (χ3n) is 14.9. The maximum atomic E-state index is 12.9. The molecule has 6 heteroatoms. The standard InChI is InChI=1S/C73H128O6/c1-4-7-10-13-16-19-22-25-28-30-32-33-34-35-36-37-38-39-41-42-45-48-51-54-57-60-63-66-72(75)78-69-70(68-77-71(74)65-62-59-56-53-50-47-44-27-24-21-18-15-12-9-6-3)79-73(76)67-64-61-58-55-52-49-46-43-40-31-29-26-23-20-17-14-11-8-5-2/h7,10,16,19,25,27-28,32-33,35-36,38-39,44,70H,4-6,8-9,11-15,17-18,20-24,26,29-31,34,37,40-43,45-69H2,1-3H3/b10-7-,19-16-,28-25-,33-32-,36-35-,39-38-,44-27-.